The predicted octanol–water partition coefficient (Wildman–Crippen LogP) is 7.17. The normalized spacial score (nSPS) is 19.8. The van der Waals surface area contributed by atoms with Gasteiger partial charge >= 0.3 is 0 Å². The van der Waals surface area contributed by atoms with Crippen LogP contribution in [0.15, 0.2) is 86.0 Å². The van der Waals surface area contributed by atoms with Crippen LogP contribution in [-0.4, -0.2) is 0 Å². The molecule has 2 aromatic carbocycles. The fraction of sp³-hybridized carbons (Fsp3) is 0.280. The van der Waals surface area contributed by atoms with E-state index < -0.39 is 0 Å². The van der Waals surface area contributed by atoms with Crippen molar-refractivity contribution in [1.82, 2.24) is 0 Å². The van der Waals surface area contributed by atoms with Crippen LogP contribution in [-0.2, 0) is 0 Å². The molecule has 0 fully saturated rings. The molecule has 25 heavy (non-hydrogen) atoms. The van der Waals surface area contributed by atoms with Gasteiger partial charge in [0.15, 0.2) is 0 Å². The second-order valence-electron chi connectivity index (χ2n) is 6.93. The molecule has 0 saturated carbocycles. The Hall–Kier alpha value is -2.34. The van der Waals surface area contributed by atoms with Crippen molar-refractivity contribution in [3.63, 3.8) is 0 Å². The predicted molar refractivity (Wildman–Crippen MR) is 110 cm³/mol. The smallest absolute Gasteiger partial charge is 0.0118 e. The van der Waals surface area contributed by atoms with Gasteiger partial charge in [-0.3, -0.25) is 0 Å². The molecule has 3 rings (SSSR count). The summed E-state index contributed by atoms with van der Waals surface area (Å²) in [5.74, 6) is 1.30. The van der Waals surface area contributed by atoms with Gasteiger partial charge in [0.2, 0.25) is 0 Å². The first kappa shape index (κ1) is 17.5. The van der Waals surface area contributed by atoms with Crippen LogP contribution in [0.3, 0.4) is 0 Å². The van der Waals surface area contributed by atoms with E-state index in [4.69, 9.17) is 0 Å². The van der Waals surface area contributed by atoms with E-state index in [0.717, 1.165) is 12.8 Å². The molecule has 1 aliphatic carbocycles. The van der Waals surface area contributed by atoms with E-state index in [-0.39, 0.29) is 0 Å². The van der Waals surface area contributed by atoms with Gasteiger partial charge < -0.3 is 0 Å². The Morgan fingerprint density at radius 1 is 0.760 bits per heavy atom. The van der Waals surface area contributed by atoms with Gasteiger partial charge in [-0.05, 0) is 66.2 Å². The summed E-state index contributed by atoms with van der Waals surface area (Å²) in [4.78, 5) is 0. The standard InChI is InChI=1S/C25H28/c1-3-5-13-22-19-24(20-14-9-7-10-15-20)25(23(22)18-6-4-2)21-16-11-8-12-17-21/h3-4,7-12,14-17,22-23H,1-2,5-6,13,18-19H2/t22-,23+/m0/s1. The Labute approximate surface area is 152 Å². The summed E-state index contributed by atoms with van der Waals surface area (Å²) < 4.78 is 0. The van der Waals surface area contributed by atoms with Crippen LogP contribution in [0.1, 0.15) is 43.2 Å². The molecule has 0 bridgehead atoms. The van der Waals surface area contributed by atoms with Crippen LogP contribution in [0.4, 0.5) is 0 Å². The Bertz CT molecular complexity index is 721. The third-order valence-electron chi connectivity index (χ3n) is 5.36. The highest BCUT2D eigenvalue weighted by Crippen LogP contribution is 2.50. The lowest BCUT2D eigenvalue weighted by Gasteiger charge is -2.22. The van der Waals surface area contributed by atoms with Crippen molar-refractivity contribution in [3.8, 4) is 0 Å². The molecular weight excluding hydrogens is 300 g/mol. The zero-order valence-corrected chi connectivity index (χ0v) is 15.0. The number of rotatable bonds is 8. The number of allylic oxidation sites excluding steroid dienone is 4. The van der Waals surface area contributed by atoms with Crippen molar-refractivity contribution < 1.29 is 0 Å². The summed E-state index contributed by atoms with van der Waals surface area (Å²) in [7, 11) is 0. The van der Waals surface area contributed by atoms with Crippen molar-refractivity contribution in [1.29, 1.82) is 0 Å². The molecule has 0 N–H and O–H groups in total. The maximum atomic E-state index is 3.95. The van der Waals surface area contributed by atoms with E-state index >= 15 is 0 Å². The Morgan fingerprint density at radius 3 is 1.92 bits per heavy atom. The van der Waals surface area contributed by atoms with Gasteiger partial charge in [-0.1, -0.05) is 72.8 Å². The van der Waals surface area contributed by atoms with Crippen LogP contribution in [0.25, 0.3) is 11.1 Å². The summed E-state index contributed by atoms with van der Waals surface area (Å²) in [5, 5.41) is 0. The zero-order chi connectivity index (χ0) is 17.5. The molecule has 0 heterocycles. The van der Waals surface area contributed by atoms with Crippen molar-refractivity contribution >= 4 is 11.1 Å². The number of benzene rings is 2. The molecule has 0 aliphatic heterocycles. The molecule has 0 heteroatoms. The lowest BCUT2D eigenvalue weighted by atomic mass is 9.82. The average Bonchev–Trinajstić information content (AvgIpc) is 3.04. The van der Waals surface area contributed by atoms with E-state index in [0.29, 0.717) is 11.8 Å². The molecule has 1 aliphatic rings. The molecular formula is C25H28. The SMILES string of the molecule is C=CCC[C@H]1CC(c2ccccc2)=C(c2ccccc2)[C@@H]1CCC=C. The van der Waals surface area contributed by atoms with Gasteiger partial charge in [0.05, 0.1) is 0 Å². The summed E-state index contributed by atoms with van der Waals surface area (Å²) >= 11 is 0. The largest absolute Gasteiger partial charge is 0.103 e. The highest BCUT2D eigenvalue weighted by atomic mass is 14.4. The molecule has 2 aromatic rings. The summed E-state index contributed by atoms with van der Waals surface area (Å²) in [6, 6.07) is 21.9. The summed E-state index contributed by atoms with van der Waals surface area (Å²) in [5.41, 5.74) is 5.86. The highest BCUT2D eigenvalue weighted by molar-refractivity contribution is 5.94. The van der Waals surface area contributed by atoms with Gasteiger partial charge in [0.25, 0.3) is 0 Å². The van der Waals surface area contributed by atoms with Crippen LogP contribution in [0, 0.1) is 11.8 Å². The molecule has 128 valence electrons. The van der Waals surface area contributed by atoms with E-state index in [1.165, 1.54) is 36.0 Å². The fourth-order valence-electron chi connectivity index (χ4n) is 4.21. The highest BCUT2D eigenvalue weighted by Gasteiger charge is 2.34. The topological polar surface area (TPSA) is 0 Å². The van der Waals surface area contributed by atoms with Gasteiger partial charge in [0.1, 0.15) is 0 Å². The Kier molecular flexibility index (Phi) is 6.06. The van der Waals surface area contributed by atoms with E-state index in [1.807, 2.05) is 0 Å². The molecule has 0 spiro atoms. The van der Waals surface area contributed by atoms with E-state index in [9.17, 15) is 0 Å². The first-order chi connectivity index (χ1) is 12.3. The lowest BCUT2D eigenvalue weighted by Crippen LogP contribution is -2.11. The monoisotopic (exact) mass is 328 g/mol. The van der Waals surface area contributed by atoms with Crippen molar-refractivity contribution in [2.75, 3.05) is 0 Å². The maximum absolute atomic E-state index is 3.95. The summed E-state index contributed by atoms with van der Waals surface area (Å²) in [6.07, 6.45) is 9.88. The second-order valence-corrected chi connectivity index (χ2v) is 6.93. The lowest BCUT2D eigenvalue weighted by molar-refractivity contribution is 0.390. The van der Waals surface area contributed by atoms with Crippen LogP contribution in [0.2, 0.25) is 0 Å². The first-order valence-corrected chi connectivity index (χ1v) is 9.40. The zero-order valence-electron chi connectivity index (χ0n) is 15.0. The van der Waals surface area contributed by atoms with Crippen LogP contribution >= 0.6 is 0 Å². The van der Waals surface area contributed by atoms with Gasteiger partial charge in [0, 0.05) is 0 Å². The number of hydrogen-bond donors (Lipinski definition) is 0. The third kappa shape index (κ3) is 4.02. The van der Waals surface area contributed by atoms with E-state index in [1.54, 1.807) is 5.57 Å². The minimum atomic E-state index is 0.607. The third-order valence-corrected chi connectivity index (χ3v) is 5.36. The maximum Gasteiger partial charge on any atom is -0.0118 e. The molecule has 0 saturated heterocycles. The molecule has 0 nitrogen and oxygen atoms in total. The van der Waals surface area contributed by atoms with E-state index in [2.05, 4.69) is 86.0 Å². The second kappa shape index (κ2) is 8.67. The van der Waals surface area contributed by atoms with Crippen LogP contribution in [0.5, 0.6) is 0 Å². The number of hydrogen-bond acceptors (Lipinski definition) is 0. The molecule has 0 radical (unpaired) electrons. The van der Waals surface area contributed by atoms with Crippen molar-refractivity contribution in [2.45, 2.75) is 32.1 Å². The van der Waals surface area contributed by atoms with Gasteiger partial charge in [-0.2, -0.15) is 0 Å². The minimum absolute atomic E-state index is 0.607. The van der Waals surface area contributed by atoms with Crippen molar-refractivity contribution in [3.05, 3.63) is 97.1 Å². The minimum Gasteiger partial charge on any atom is -0.103 e. The summed E-state index contributed by atoms with van der Waals surface area (Å²) in [6.45, 7) is 7.89. The first-order valence-electron chi connectivity index (χ1n) is 9.40. The quantitative estimate of drug-likeness (QED) is 0.451. The Morgan fingerprint density at radius 2 is 1.32 bits per heavy atom. The van der Waals surface area contributed by atoms with Crippen LogP contribution < -0.4 is 0 Å². The fourth-order valence-corrected chi connectivity index (χ4v) is 4.21. The van der Waals surface area contributed by atoms with Crippen molar-refractivity contribution in [2.24, 2.45) is 11.8 Å². The van der Waals surface area contributed by atoms with Gasteiger partial charge in [-0.25, -0.2) is 0 Å². The van der Waals surface area contributed by atoms with Gasteiger partial charge in [-0.15, -0.1) is 13.2 Å². The molecule has 0 aromatic heterocycles. The molecule has 2 atom stereocenters. The Balaban J connectivity index is 2.06. The molecule has 0 unspecified atom stereocenters. The molecule has 0 amide bonds. The average molecular weight is 328 g/mol.